The van der Waals surface area contributed by atoms with E-state index in [-0.39, 0.29) is 17.5 Å². The van der Waals surface area contributed by atoms with Crippen LogP contribution < -0.4 is 14.4 Å². The minimum Gasteiger partial charge on any atom is -0.493 e. The molecule has 0 unspecified atom stereocenters. The van der Waals surface area contributed by atoms with Gasteiger partial charge < -0.3 is 19.3 Å². The van der Waals surface area contributed by atoms with E-state index in [0.717, 1.165) is 17.1 Å². The average Bonchev–Trinajstić information content (AvgIpc) is 3.37. The number of benzene rings is 3. The van der Waals surface area contributed by atoms with Crippen LogP contribution in [0.2, 0.25) is 0 Å². The molecule has 7 nitrogen and oxygen atoms in total. The van der Waals surface area contributed by atoms with Crippen LogP contribution in [0.5, 0.6) is 16.7 Å². The molecular weight excluding hydrogens is 498 g/mol. The minimum atomic E-state index is -0.294. The number of methoxy groups -OCH3 is 1. The molecule has 10 heteroatoms. The molecule has 1 amide bonds. The highest BCUT2D eigenvalue weighted by Crippen LogP contribution is 2.34. The Balaban J connectivity index is 1.22. The van der Waals surface area contributed by atoms with Gasteiger partial charge in [-0.3, -0.25) is 4.79 Å². The van der Waals surface area contributed by atoms with E-state index < -0.39 is 0 Å². The molecule has 0 aliphatic carbocycles. The average molecular weight is 523 g/mol. The van der Waals surface area contributed by atoms with Crippen LogP contribution in [-0.2, 0) is 6.42 Å². The molecule has 37 heavy (non-hydrogen) atoms. The Hall–Kier alpha value is -4.05. The Morgan fingerprint density at radius 1 is 0.973 bits per heavy atom. The Morgan fingerprint density at radius 3 is 2.46 bits per heavy atom. The predicted octanol–water partition coefficient (Wildman–Crippen LogP) is 5.17. The molecular formula is C27H24F2N4O3S. The number of hydrogen-bond acceptors (Lipinski definition) is 7. The zero-order chi connectivity index (χ0) is 25.8. The largest absolute Gasteiger partial charge is 0.493 e. The maximum atomic E-state index is 14.1. The molecule has 1 aliphatic heterocycles. The SMILES string of the molecule is COc1cc(C(=O)N2CCN(c3ccccc3F)CC2)ccc1Oc1nc(Cc2ccc(F)cc2)ns1. The Kier molecular flexibility index (Phi) is 7.27. The lowest BCUT2D eigenvalue weighted by Crippen LogP contribution is -2.49. The van der Waals surface area contributed by atoms with Gasteiger partial charge in [-0.05, 0) is 48.0 Å². The van der Waals surface area contributed by atoms with Crippen molar-refractivity contribution >= 4 is 23.1 Å². The number of para-hydroxylation sites is 1. The van der Waals surface area contributed by atoms with Crippen LogP contribution in [0.25, 0.3) is 0 Å². The lowest BCUT2D eigenvalue weighted by molar-refractivity contribution is 0.0746. The van der Waals surface area contributed by atoms with Gasteiger partial charge >= 0.3 is 0 Å². The summed E-state index contributed by atoms with van der Waals surface area (Å²) in [5.41, 5.74) is 1.91. The quantitative estimate of drug-likeness (QED) is 0.334. The molecule has 1 saturated heterocycles. The van der Waals surface area contributed by atoms with Crippen LogP contribution in [0.4, 0.5) is 14.5 Å². The lowest BCUT2D eigenvalue weighted by Gasteiger charge is -2.36. The van der Waals surface area contributed by atoms with E-state index >= 15 is 0 Å². The second-order valence-corrected chi connectivity index (χ2v) is 9.19. The molecule has 1 fully saturated rings. The van der Waals surface area contributed by atoms with Gasteiger partial charge in [0.25, 0.3) is 11.1 Å². The van der Waals surface area contributed by atoms with Crippen molar-refractivity contribution in [2.45, 2.75) is 6.42 Å². The number of amides is 1. The number of carbonyl (C=O) groups is 1. The highest BCUT2D eigenvalue weighted by molar-refractivity contribution is 7.07. The molecule has 2 heterocycles. The molecule has 0 spiro atoms. The van der Waals surface area contributed by atoms with Crippen LogP contribution in [0, 0.1) is 11.6 Å². The standard InChI is InChI=1S/C27H24F2N4O3S/c1-35-24-17-19(26(34)33-14-12-32(13-15-33)22-5-3-2-4-21(22)29)8-11-23(24)36-27-30-25(31-37-27)16-18-6-9-20(28)10-7-18/h2-11,17H,12-16H2,1H3. The van der Waals surface area contributed by atoms with Gasteiger partial charge in [-0.2, -0.15) is 9.36 Å². The summed E-state index contributed by atoms with van der Waals surface area (Å²) in [5, 5.41) is 0.332. The number of nitrogens with zero attached hydrogens (tertiary/aromatic N) is 4. The fraction of sp³-hybridized carbons (Fsp3) is 0.222. The second-order valence-electron chi connectivity index (χ2n) is 8.48. The first kappa shape index (κ1) is 24.6. The van der Waals surface area contributed by atoms with Gasteiger partial charge in [0.05, 0.1) is 12.8 Å². The van der Waals surface area contributed by atoms with Crippen molar-refractivity contribution in [3.8, 4) is 16.7 Å². The van der Waals surface area contributed by atoms with Crippen molar-refractivity contribution in [2.75, 3.05) is 38.2 Å². The fourth-order valence-corrected chi connectivity index (χ4v) is 4.72. The van der Waals surface area contributed by atoms with Crippen molar-refractivity contribution in [1.82, 2.24) is 14.3 Å². The molecule has 1 aromatic heterocycles. The zero-order valence-corrected chi connectivity index (χ0v) is 20.9. The summed E-state index contributed by atoms with van der Waals surface area (Å²) in [7, 11) is 1.50. The first-order valence-corrected chi connectivity index (χ1v) is 12.5. The predicted molar refractivity (Wildman–Crippen MR) is 137 cm³/mol. The fourth-order valence-electron chi connectivity index (χ4n) is 4.16. The molecule has 3 aromatic carbocycles. The van der Waals surface area contributed by atoms with Crippen molar-refractivity contribution in [2.24, 2.45) is 0 Å². The normalized spacial score (nSPS) is 13.5. The molecule has 5 rings (SSSR count). The molecule has 190 valence electrons. The summed E-state index contributed by atoms with van der Waals surface area (Å²) in [6.07, 6.45) is 0.453. The minimum absolute atomic E-state index is 0.129. The van der Waals surface area contributed by atoms with Gasteiger partial charge in [-0.15, -0.1) is 0 Å². The van der Waals surface area contributed by atoms with Gasteiger partial charge in [0.1, 0.15) is 11.6 Å². The highest BCUT2D eigenvalue weighted by Gasteiger charge is 2.24. The summed E-state index contributed by atoms with van der Waals surface area (Å²) >= 11 is 1.10. The van der Waals surface area contributed by atoms with E-state index in [1.165, 1.54) is 25.3 Å². The zero-order valence-electron chi connectivity index (χ0n) is 20.1. The molecule has 0 N–H and O–H groups in total. The van der Waals surface area contributed by atoms with Crippen molar-refractivity contribution < 1.29 is 23.0 Å². The number of piperazine rings is 1. The maximum Gasteiger partial charge on any atom is 0.298 e. The smallest absolute Gasteiger partial charge is 0.298 e. The highest BCUT2D eigenvalue weighted by atomic mass is 32.1. The Labute approximate surface area is 217 Å². The van der Waals surface area contributed by atoms with Gasteiger partial charge in [0.15, 0.2) is 17.3 Å². The summed E-state index contributed by atoms with van der Waals surface area (Å²) in [4.78, 5) is 21.2. The van der Waals surface area contributed by atoms with Crippen LogP contribution >= 0.6 is 11.5 Å². The summed E-state index contributed by atoms with van der Waals surface area (Å²) in [6.45, 7) is 2.05. The second kappa shape index (κ2) is 10.9. The molecule has 4 aromatic rings. The summed E-state index contributed by atoms with van der Waals surface area (Å²) < 4.78 is 42.9. The number of aromatic nitrogens is 2. The molecule has 1 aliphatic rings. The van der Waals surface area contributed by atoms with Gasteiger partial charge in [0.2, 0.25) is 0 Å². The number of ether oxygens (including phenoxy) is 2. The van der Waals surface area contributed by atoms with Gasteiger partial charge in [-0.1, -0.05) is 24.3 Å². The van der Waals surface area contributed by atoms with Gasteiger partial charge in [0, 0.05) is 49.7 Å². The van der Waals surface area contributed by atoms with E-state index in [1.807, 2.05) is 4.90 Å². The first-order valence-electron chi connectivity index (χ1n) is 11.7. The topological polar surface area (TPSA) is 67.8 Å². The van der Waals surface area contributed by atoms with Crippen molar-refractivity contribution in [3.63, 3.8) is 0 Å². The van der Waals surface area contributed by atoms with Crippen molar-refractivity contribution in [1.29, 1.82) is 0 Å². The van der Waals surface area contributed by atoms with E-state index in [0.29, 0.717) is 66.4 Å². The number of carbonyl (C=O) groups excluding carboxylic acids is 1. The third-order valence-corrected chi connectivity index (χ3v) is 6.73. The molecule has 0 saturated carbocycles. The Bertz CT molecular complexity index is 1390. The van der Waals surface area contributed by atoms with Gasteiger partial charge in [-0.25, -0.2) is 8.78 Å². The van der Waals surface area contributed by atoms with E-state index in [1.54, 1.807) is 53.4 Å². The van der Waals surface area contributed by atoms with E-state index in [9.17, 15) is 13.6 Å². The van der Waals surface area contributed by atoms with Crippen molar-refractivity contribution in [3.05, 3.63) is 95.3 Å². The summed E-state index contributed by atoms with van der Waals surface area (Å²) in [5.74, 6) is 0.680. The molecule has 0 radical (unpaired) electrons. The summed E-state index contributed by atoms with van der Waals surface area (Å²) in [6, 6.07) is 17.8. The van der Waals surface area contributed by atoms with Crippen LogP contribution in [0.3, 0.4) is 0 Å². The number of rotatable bonds is 7. The first-order chi connectivity index (χ1) is 18.0. The Morgan fingerprint density at radius 2 is 1.73 bits per heavy atom. The number of halogens is 2. The molecule has 0 atom stereocenters. The van der Waals surface area contributed by atoms with Crippen LogP contribution in [-0.4, -0.2) is 53.5 Å². The van der Waals surface area contributed by atoms with E-state index in [2.05, 4.69) is 9.36 Å². The number of anilines is 1. The third kappa shape index (κ3) is 5.69. The third-order valence-electron chi connectivity index (χ3n) is 6.09. The van der Waals surface area contributed by atoms with Crippen LogP contribution in [0.15, 0.2) is 66.7 Å². The number of hydrogen-bond donors (Lipinski definition) is 0. The monoisotopic (exact) mass is 522 g/mol. The maximum absolute atomic E-state index is 14.1. The lowest BCUT2D eigenvalue weighted by atomic mass is 10.1. The van der Waals surface area contributed by atoms with E-state index in [4.69, 9.17) is 9.47 Å². The van der Waals surface area contributed by atoms with Crippen LogP contribution in [0.1, 0.15) is 21.7 Å². The molecule has 0 bridgehead atoms.